The summed E-state index contributed by atoms with van der Waals surface area (Å²) in [5, 5.41) is 17.3. The highest BCUT2D eigenvalue weighted by Crippen LogP contribution is 2.41. The van der Waals surface area contributed by atoms with Gasteiger partial charge < -0.3 is 25.2 Å². The van der Waals surface area contributed by atoms with E-state index in [0.29, 0.717) is 32.3 Å². The predicted octanol–water partition coefficient (Wildman–Crippen LogP) is 6.89. The molecule has 3 N–H and O–H groups in total. The SMILES string of the molecule is CCN1CCCC1CNC(=O)NCCOc1ccc(-c2sc3cc(O)ccc3c2Cc2ccc(OCCN3CCCCC3)cc2)cc1. The van der Waals surface area contributed by atoms with Crippen molar-refractivity contribution in [3.63, 3.8) is 0 Å². The Morgan fingerprint density at radius 3 is 2.40 bits per heavy atom. The second kappa shape index (κ2) is 16.4. The van der Waals surface area contributed by atoms with Crippen molar-refractivity contribution in [3.8, 4) is 27.7 Å². The van der Waals surface area contributed by atoms with Crippen molar-refractivity contribution in [2.24, 2.45) is 0 Å². The number of likely N-dealkylation sites (N-methyl/N-ethyl adjacent to an activating group) is 1. The largest absolute Gasteiger partial charge is 0.508 e. The third-order valence-corrected chi connectivity index (χ3v) is 10.6. The maximum Gasteiger partial charge on any atom is 0.314 e. The quantitative estimate of drug-likeness (QED) is 0.128. The zero-order valence-corrected chi connectivity index (χ0v) is 28.3. The number of fused-ring (bicyclic) bond motifs is 1. The van der Waals surface area contributed by atoms with E-state index in [4.69, 9.17) is 9.47 Å². The van der Waals surface area contributed by atoms with Gasteiger partial charge in [0.1, 0.15) is 30.5 Å². The predicted molar refractivity (Wildman–Crippen MR) is 191 cm³/mol. The lowest BCUT2D eigenvalue weighted by atomic mass is 9.99. The molecule has 47 heavy (non-hydrogen) atoms. The first kappa shape index (κ1) is 33.1. The van der Waals surface area contributed by atoms with E-state index in [-0.39, 0.29) is 11.8 Å². The molecule has 2 aliphatic heterocycles. The van der Waals surface area contributed by atoms with Crippen LogP contribution in [0.3, 0.4) is 0 Å². The van der Waals surface area contributed by atoms with Gasteiger partial charge in [-0.15, -0.1) is 11.3 Å². The molecule has 0 saturated carbocycles. The molecule has 2 amide bonds. The Morgan fingerprint density at radius 1 is 0.894 bits per heavy atom. The summed E-state index contributed by atoms with van der Waals surface area (Å²) in [5.41, 5.74) is 3.56. The van der Waals surface area contributed by atoms with E-state index in [9.17, 15) is 9.90 Å². The molecule has 9 heteroatoms. The molecule has 2 aliphatic rings. The number of nitrogens with zero attached hydrogens (tertiary/aromatic N) is 2. The fourth-order valence-electron chi connectivity index (χ4n) is 6.78. The zero-order valence-electron chi connectivity index (χ0n) is 27.5. The first-order chi connectivity index (χ1) is 23.1. The van der Waals surface area contributed by atoms with Gasteiger partial charge in [-0.1, -0.05) is 25.5 Å². The number of hydrogen-bond donors (Lipinski definition) is 3. The zero-order chi connectivity index (χ0) is 32.4. The number of urea groups is 1. The minimum atomic E-state index is -0.148. The number of phenols is 1. The lowest BCUT2D eigenvalue weighted by molar-refractivity contribution is 0.183. The van der Waals surface area contributed by atoms with E-state index in [1.807, 2.05) is 24.3 Å². The minimum absolute atomic E-state index is 0.148. The van der Waals surface area contributed by atoms with E-state index in [2.05, 4.69) is 63.8 Å². The molecule has 3 heterocycles. The van der Waals surface area contributed by atoms with Gasteiger partial charge in [-0.25, -0.2) is 4.79 Å². The topological polar surface area (TPSA) is 86.3 Å². The van der Waals surface area contributed by atoms with Crippen LogP contribution >= 0.6 is 11.3 Å². The van der Waals surface area contributed by atoms with E-state index in [1.54, 1.807) is 17.4 Å². The standard InChI is InChI=1S/C38H48N4O4S/c1-2-42-21-6-7-30(42)27-40-38(44)39-18-23-45-33-15-10-29(11-16-33)37-35(34-17-12-31(43)26-36(34)47-37)25-28-8-13-32(14-9-28)46-24-22-41-19-4-3-5-20-41/h8-17,26,30,43H,2-7,18-25,27H2,1H3,(H2,39,40,44). The smallest absolute Gasteiger partial charge is 0.314 e. The first-order valence-electron chi connectivity index (χ1n) is 17.2. The molecule has 0 bridgehead atoms. The van der Waals surface area contributed by atoms with Crippen LogP contribution in [0.15, 0.2) is 66.7 Å². The molecule has 4 aromatic rings. The number of amides is 2. The van der Waals surface area contributed by atoms with Crippen molar-refractivity contribution in [3.05, 3.63) is 77.9 Å². The van der Waals surface area contributed by atoms with Gasteiger partial charge in [0, 0.05) is 28.7 Å². The molecule has 6 rings (SSSR count). The van der Waals surface area contributed by atoms with Crippen LogP contribution < -0.4 is 20.1 Å². The molecule has 0 radical (unpaired) electrons. The van der Waals surface area contributed by atoms with Crippen molar-refractivity contribution in [1.29, 1.82) is 0 Å². The number of thiophene rings is 1. The fraction of sp³-hybridized carbons (Fsp3) is 0.447. The molecule has 3 aromatic carbocycles. The second-order valence-corrected chi connectivity index (χ2v) is 13.6. The average Bonchev–Trinajstić information content (AvgIpc) is 3.71. The summed E-state index contributed by atoms with van der Waals surface area (Å²) in [6, 6.07) is 22.5. The molecular weight excluding hydrogens is 609 g/mol. The normalized spacial score (nSPS) is 17.2. The molecule has 0 aliphatic carbocycles. The van der Waals surface area contributed by atoms with Gasteiger partial charge in [-0.3, -0.25) is 9.80 Å². The van der Waals surface area contributed by atoms with Crippen molar-refractivity contribution < 1.29 is 19.4 Å². The Bertz CT molecular complexity index is 1580. The molecule has 1 atom stereocenters. The van der Waals surface area contributed by atoms with E-state index in [0.717, 1.165) is 59.6 Å². The monoisotopic (exact) mass is 656 g/mol. The van der Waals surface area contributed by atoms with Crippen molar-refractivity contribution in [1.82, 2.24) is 20.4 Å². The minimum Gasteiger partial charge on any atom is -0.508 e. The number of nitrogens with one attached hydrogen (secondary N) is 2. The Balaban J connectivity index is 1.03. The molecule has 8 nitrogen and oxygen atoms in total. The van der Waals surface area contributed by atoms with Crippen molar-refractivity contribution >= 4 is 27.5 Å². The Kier molecular flexibility index (Phi) is 11.5. The van der Waals surface area contributed by atoms with Gasteiger partial charge in [0.05, 0.1) is 6.54 Å². The summed E-state index contributed by atoms with van der Waals surface area (Å²) in [6.07, 6.45) is 7.05. The number of ether oxygens (including phenoxy) is 2. The van der Waals surface area contributed by atoms with Crippen molar-refractivity contribution in [2.75, 3.05) is 59.0 Å². The van der Waals surface area contributed by atoms with Gasteiger partial charge in [0.15, 0.2) is 0 Å². The number of aromatic hydroxyl groups is 1. The number of likely N-dealkylation sites (tertiary alicyclic amines) is 2. The van der Waals surface area contributed by atoms with E-state index < -0.39 is 0 Å². The summed E-state index contributed by atoms with van der Waals surface area (Å²) < 4.78 is 13.1. The van der Waals surface area contributed by atoms with Crippen LogP contribution in [-0.4, -0.2) is 86.0 Å². The maximum absolute atomic E-state index is 12.3. The first-order valence-corrected chi connectivity index (χ1v) is 18.0. The number of piperidine rings is 1. The van der Waals surface area contributed by atoms with E-state index >= 15 is 0 Å². The average molecular weight is 657 g/mol. The van der Waals surface area contributed by atoms with Crippen LogP contribution in [0.4, 0.5) is 4.79 Å². The third kappa shape index (κ3) is 8.97. The third-order valence-electron chi connectivity index (χ3n) is 9.38. The fourth-order valence-corrected chi connectivity index (χ4v) is 8.04. The number of carbonyl (C=O) groups is 1. The molecule has 2 saturated heterocycles. The highest BCUT2D eigenvalue weighted by Gasteiger charge is 2.23. The van der Waals surface area contributed by atoms with Gasteiger partial charge >= 0.3 is 6.03 Å². The summed E-state index contributed by atoms with van der Waals surface area (Å²) in [6.45, 7) is 9.88. The number of carbonyl (C=O) groups excluding carboxylic acids is 1. The van der Waals surface area contributed by atoms with Gasteiger partial charge in [-0.05, 0) is 135 Å². The summed E-state index contributed by atoms with van der Waals surface area (Å²) >= 11 is 1.70. The maximum atomic E-state index is 12.3. The molecule has 1 unspecified atom stereocenters. The van der Waals surface area contributed by atoms with Crippen LogP contribution in [0.1, 0.15) is 50.2 Å². The molecule has 250 valence electrons. The van der Waals surface area contributed by atoms with Crippen LogP contribution in [0.25, 0.3) is 20.5 Å². The van der Waals surface area contributed by atoms with Gasteiger partial charge in [0.2, 0.25) is 0 Å². The Labute approximate surface area is 282 Å². The van der Waals surface area contributed by atoms with Crippen LogP contribution in [-0.2, 0) is 6.42 Å². The molecule has 1 aromatic heterocycles. The van der Waals surface area contributed by atoms with Gasteiger partial charge in [0.25, 0.3) is 0 Å². The lowest BCUT2D eigenvalue weighted by Gasteiger charge is -2.26. The molecule has 0 spiro atoms. The summed E-state index contributed by atoms with van der Waals surface area (Å²) in [4.78, 5) is 18.4. The van der Waals surface area contributed by atoms with Gasteiger partial charge in [-0.2, -0.15) is 0 Å². The van der Waals surface area contributed by atoms with Crippen LogP contribution in [0.2, 0.25) is 0 Å². The number of rotatable bonds is 14. The number of benzene rings is 3. The van der Waals surface area contributed by atoms with Crippen LogP contribution in [0, 0.1) is 0 Å². The Morgan fingerprint density at radius 2 is 1.64 bits per heavy atom. The summed E-state index contributed by atoms with van der Waals surface area (Å²) in [5.74, 6) is 1.94. The number of hydrogen-bond acceptors (Lipinski definition) is 7. The van der Waals surface area contributed by atoms with Crippen LogP contribution in [0.5, 0.6) is 17.2 Å². The van der Waals surface area contributed by atoms with Crippen molar-refractivity contribution in [2.45, 2.75) is 51.5 Å². The van der Waals surface area contributed by atoms with E-state index in [1.165, 1.54) is 54.8 Å². The summed E-state index contributed by atoms with van der Waals surface area (Å²) in [7, 11) is 0. The second-order valence-electron chi connectivity index (χ2n) is 12.6. The lowest BCUT2D eigenvalue weighted by Crippen LogP contribution is -2.44. The highest BCUT2D eigenvalue weighted by atomic mass is 32.1. The number of phenolic OH excluding ortho intramolecular Hbond substituents is 1. The highest BCUT2D eigenvalue weighted by molar-refractivity contribution is 7.22. The Hall–Kier alpha value is -3.79. The molecular formula is C38H48N4O4S. The molecule has 2 fully saturated rings.